The van der Waals surface area contributed by atoms with Crippen molar-refractivity contribution in [1.29, 1.82) is 0 Å². The van der Waals surface area contributed by atoms with Crippen LogP contribution in [0.25, 0.3) is 0 Å². The Kier molecular flexibility index (Phi) is 4.47. The van der Waals surface area contributed by atoms with Crippen LogP contribution in [0, 0.1) is 11.8 Å². The number of aromatic nitrogens is 2. The highest BCUT2D eigenvalue weighted by molar-refractivity contribution is 6.29. The fraction of sp³-hybridized carbons (Fsp3) is 0.583. The molecule has 1 heterocycles. The SMILES string of the molecule is O=C(Nc1nccc(Cl)n1)C1CCCCC1C(F)(F)F. The summed E-state index contributed by atoms with van der Waals surface area (Å²) in [5.41, 5.74) is 0. The first kappa shape index (κ1) is 15.0. The predicted molar refractivity (Wildman–Crippen MR) is 67.2 cm³/mol. The summed E-state index contributed by atoms with van der Waals surface area (Å²) in [6, 6.07) is 1.41. The Morgan fingerprint density at radius 3 is 2.70 bits per heavy atom. The number of halogens is 4. The molecule has 4 nitrogen and oxygen atoms in total. The third-order valence-electron chi connectivity index (χ3n) is 3.38. The molecule has 1 aromatic rings. The van der Waals surface area contributed by atoms with Crippen molar-refractivity contribution in [3.8, 4) is 0 Å². The molecule has 0 aromatic carbocycles. The molecule has 20 heavy (non-hydrogen) atoms. The summed E-state index contributed by atoms with van der Waals surface area (Å²) in [5, 5.41) is 2.43. The second-order valence-electron chi connectivity index (χ2n) is 4.73. The number of hydrogen-bond acceptors (Lipinski definition) is 3. The number of rotatable bonds is 2. The summed E-state index contributed by atoms with van der Waals surface area (Å²) < 4.78 is 38.8. The maximum atomic E-state index is 12.9. The highest BCUT2D eigenvalue weighted by Crippen LogP contribution is 2.41. The van der Waals surface area contributed by atoms with E-state index < -0.39 is 23.9 Å². The fourth-order valence-corrected chi connectivity index (χ4v) is 2.57. The molecule has 1 saturated carbocycles. The molecule has 2 rings (SSSR count). The highest BCUT2D eigenvalue weighted by atomic mass is 35.5. The van der Waals surface area contributed by atoms with Gasteiger partial charge in [-0.25, -0.2) is 9.97 Å². The van der Waals surface area contributed by atoms with Crippen LogP contribution in [-0.4, -0.2) is 22.1 Å². The third kappa shape index (κ3) is 3.59. The Morgan fingerprint density at radius 2 is 2.05 bits per heavy atom. The van der Waals surface area contributed by atoms with Gasteiger partial charge in [0.15, 0.2) is 0 Å². The van der Waals surface area contributed by atoms with Gasteiger partial charge in [0.25, 0.3) is 0 Å². The van der Waals surface area contributed by atoms with Gasteiger partial charge in [-0.15, -0.1) is 0 Å². The van der Waals surface area contributed by atoms with Crippen LogP contribution in [0.1, 0.15) is 25.7 Å². The van der Waals surface area contributed by atoms with Crippen molar-refractivity contribution in [2.45, 2.75) is 31.9 Å². The van der Waals surface area contributed by atoms with Gasteiger partial charge >= 0.3 is 6.18 Å². The maximum Gasteiger partial charge on any atom is 0.392 e. The van der Waals surface area contributed by atoms with Gasteiger partial charge in [-0.2, -0.15) is 13.2 Å². The first-order valence-electron chi connectivity index (χ1n) is 6.24. The summed E-state index contributed by atoms with van der Waals surface area (Å²) in [6.07, 6.45) is -1.73. The van der Waals surface area contributed by atoms with Gasteiger partial charge in [0.05, 0.1) is 5.92 Å². The highest BCUT2D eigenvalue weighted by Gasteiger charge is 2.48. The van der Waals surface area contributed by atoms with Crippen LogP contribution >= 0.6 is 11.6 Å². The molecule has 1 amide bonds. The van der Waals surface area contributed by atoms with Crippen molar-refractivity contribution >= 4 is 23.5 Å². The lowest BCUT2D eigenvalue weighted by molar-refractivity contribution is -0.197. The molecule has 1 aliphatic carbocycles. The second-order valence-corrected chi connectivity index (χ2v) is 5.12. The molecule has 0 radical (unpaired) electrons. The van der Waals surface area contributed by atoms with E-state index in [0.717, 1.165) is 0 Å². The number of carbonyl (C=O) groups excluding carboxylic acids is 1. The number of amides is 1. The van der Waals surface area contributed by atoms with E-state index in [1.54, 1.807) is 0 Å². The van der Waals surface area contributed by atoms with Gasteiger partial charge in [-0.1, -0.05) is 24.4 Å². The molecule has 0 spiro atoms. The Labute approximate surface area is 118 Å². The Balaban J connectivity index is 2.10. The van der Waals surface area contributed by atoms with Gasteiger partial charge in [0.2, 0.25) is 11.9 Å². The molecule has 1 aliphatic rings. The van der Waals surface area contributed by atoms with E-state index in [9.17, 15) is 18.0 Å². The molecule has 1 N–H and O–H groups in total. The standard InChI is InChI=1S/C12H13ClF3N3O/c13-9-5-6-17-11(18-9)19-10(20)7-3-1-2-4-8(7)12(14,15)16/h5-8H,1-4H2,(H,17,18,19,20). The van der Waals surface area contributed by atoms with E-state index in [4.69, 9.17) is 11.6 Å². The van der Waals surface area contributed by atoms with Crippen molar-refractivity contribution in [3.05, 3.63) is 17.4 Å². The second kappa shape index (κ2) is 5.95. The Morgan fingerprint density at radius 1 is 1.35 bits per heavy atom. The third-order valence-corrected chi connectivity index (χ3v) is 3.59. The molecular weight excluding hydrogens is 295 g/mol. The minimum Gasteiger partial charge on any atom is -0.294 e. The first-order valence-corrected chi connectivity index (χ1v) is 6.62. The number of anilines is 1. The molecule has 2 unspecified atom stereocenters. The van der Waals surface area contributed by atoms with Gasteiger partial charge in [0, 0.05) is 12.1 Å². The quantitative estimate of drug-likeness (QED) is 0.852. The van der Waals surface area contributed by atoms with Crippen LogP contribution in [0.3, 0.4) is 0 Å². The molecule has 8 heteroatoms. The summed E-state index contributed by atoms with van der Waals surface area (Å²) in [6.45, 7) is 0. The number of carbonyl (C=O) groups is 1. The topological polar surface area (TPSA) is 54.9 Å². The van der Waals surface area contributed by atoms with Crippen LogP contribution in [0.2, 0.25) is 5.15 Å². The smallest absolute Gasteiger partial charge is 0.294 e. The van der Waals surface area contributed by atoms with E-state index in [2.05, 4.69) is 15.3 Å². The minimum atomic E-state index is -4.36. The Bertz CT molecular complexity index is 495. The lowest BCUT2D eigenvalue weighted by Gasteiger charge is -2.31. The van der Waals surface area contributed by atoms with Crippen molar-refractivity contribution in [1.82, 2.24) is 9.97 Å². The maximum absolute atomic E-state index is 12.9. The largest absolute Gasteiger partial charge is 0.392 e. The molecule has 1 fully saturated rings. The average Bonchev–Trinajstić information content (AvgIpc) is 2.37. The monoisotopic (exact) mass is 307 g/mol. The molecule has 1 aromatic heterocycles. The van der Waals surface area contributed by atoms with Crippen molar-refractivity contribution < 1.29 is 18.0 Å². The van der Waals surface area contributed by atoms with Crippen LogP contribution < -0.4 is 5.32 Å². The molecule has 2 atom stereocenters. The summed E-state index contributed by atoms with van der Waals surface area (Å²) >= 11 is 5.63. The van der Waals surface area contributed by atoms with E-state index >= 15 is 0 Å². The van der Waals surface area contributed by atoms with Crippen molar-refractivity contribution in [2.75, 3.05) is 5.32 Å². The van der Waals surface area contributed by atoms with E-state index in [0.29, 0.717) is 12.8 Å². The zero-order valence-electron chi connectivity index (χ0n) is 10.5. The van der Waals surface area contributed by atoms with Crippen LogP contribution in [-0.2, 0) is 4.79 Å². The van der Waals surface area contributed by atoms with Crippen LogP contribution in [0.5, 0.6) is 0 Å². The van der Waals surface area contributed by atoms with Gasteiger partial charge in [-0.3, -0.25) is 10.1 Å². The number of hydrogen-bond donors (Lipinski definition) is 1. The van der Waals surface area contributed by atoms with Gasteiger partial charge in [0.1, 0.15) is 5.15 Å². The van der Waals surface area contributed by atoms with Gasteiger partial charge < -0.3 is 0 Å². The van der Waals surface area contributed by atoms with E-state index in [1.165, 1.54) is 12.3 Å². The molecule has 0 aliphatic heterocycles. The van der Waals surface area contributed by atoms with Gasteiger partial charge in [-0.05, 0) is 18.9 Å². The van der Waals surface area contributed by atoms with E-state index in [-0.39, 0.29) is 23.9 Å². The predicted octanol–water partition coefficient (Wildman–Crippen LogP) is 3.44. The lowest BCUT2D eigenvalue weighted by Crippen LogP contribution is -2.40. The lowest BCUT2D eigenvalue weighted by atomic mass is 9.78. The zero-order chi connectivity index (χ0) is 14.8. The normalized spacial score (nSPS) is 23.4. The molecule has 0 bridgehead atoms. The molecule has 110 valence electrons. The minimum absolute atomic E-state index is 0.0159. The number of alkyl halides is 3. The molecular formula is C12H13ClF3N3O. The number of nitrogens with one attached hydrogen (secondary N) is 1. The summed E-state index contributed by atoms with van der Waals surface area (Å²) in [7, 11) is 0. The fourth-order valence-electron chi connectivity index (χ4n) is 2.44. The van der Waals surface area contributed by atoms with Crippen LogP contribution in [0.4, 0.5) is 19.1 Å². The van der Waals surface area contributed by atoms with Crippen LogP contribution in [0.15, 0.2) is 12.3 Å². The average molecular weight is 308 g/mol. The van der Waals surface area contributed by atoms with Crippen molar-refractivity contribution in [3.63, 3.8) is 0 Å². The summed E-state index contributed by atoms with van der Waals surface area (Å²) in [4.78, 5) is 19.5. The Hall–Kier alpha value is -1.37. The van der Waals surface area contributed by atoms with E-state index in [1.807, 2.05) is 0 Å². The first-order chi connectivity index (χ1) is 9.38. The number of nitrogens with zero attached hydrogens (tertiary/aromatic N) is 2. The zero-order valence-corrected chi connectivity index (χ0v) is 11.2. The van der Waals surface area contributed by atoms with Crippen molar-refractivity contribution in [2.24, 2.45) is 11.8 Å². The molecule has 0 saturated heterocycles. The summed E-state index contributed by atoms with van der Waals surface area (Å²) in [5.74, 6) is -3.47.